The highest BCUT2D eigenvalue weighted by Crippen LogP contribution is 2.36. The summed E-state index contributed by atoms with van der Waals surface area (Å²) in [6.45, 7) is 4.86. The number of rotatable bonds is 2. The quantitative estimate of drug-likeness (QED) is 0.877. The highest BCUT2D eigenvalue weighted by molar-refractivity contribution is 5.85. The molecule has 0 aromatic heterocycles. The van der Waals surface area contributed by atoms with Crippen molar-refractivity contribution >= 4 is 18.3 Å². The van der Waals surface area contributed by atoms with Crippen molar-refractivity contribution in [3.05, 3.63) is 35.9 Å². The van der Waals surface area contributed by atoms with Gasteiger partial charge in [0.2, 0.25) is 5.91 Å². The van der Waals surface area contributed by atoms with Gasteiger partial charge in [-0.05, 0) is 56.2 Å². The predicted octanol–water partition coefficient (Wildman–Crippen LogP) is 3.03. The summed E-state index contributed by atoms with van der Waals surface area (Å²) in [7, 11) is 0. The molecule has 3 aliphatic rings. The first-order valence-electron chi connectivity index (χ1n) is 9.49. The van der Waals surface area contributed by atoms with Gasteiger partial charge in [-0.2, -0.15) is 0 Å². The maximum Gasteiger partial charge on any atom is 0.228 e. The van der Waals surface area contributed by atoms with Crippen LogP contribution in [0.1, 0.15) is 37.4 Å². The first-order chi connectivity index (χ1) is 11.8. The zero-order valence-corrected chi connectivity index (χ0v) is 15.5. The fraction of sp³-hybridized carbons (Fsp3) is 0.650. The Hall–Kier alpha value is -1.10. The molecule has 3 aliphatic heterocycles. The number of nitrogens with zero attached hydrogens (tertiary/aromatic N) is 1. The van der Waals surface area contributed by atoms with Gasteiger partial charge in [0.1, 0.15) is 0 Å². The van der Waals surface area contributed by atoms with E-state index >= 15 is 0 Å². The lowest BCUT2D eigenvalue weighted by molar-refractivity contribution is -0.145. The average molecular weight is 365 g/mol. The van der Waals surface area contributed by atoms with Crippen LogP contribution in [0.2, 0.25) is 0 Å². The number of benzene rings is 1. The van der Waals surface area contributed by atoms with Crippen molar-refractivity contribution < 1.29 is 9.53 Å². The van der Waals surface area contributed by atoms with Gasteiger partial charge in [-0.25, -0.2) is 0 Å². The van der Waals surface area contributed by atoms with Crippen LogP contribution in [-0.2, 0) is 9.53 Å². The van der Waals surface area contributed by atoms with Crippen LogP contribution in [0, 0.1) is 17.8 Å². The molecule has 1 amide bonds. The minimum absolute atomic E-state index is 0. The highest BCUT2D eigenvalue weighted by Gasteiger charge is 2.38. The summed E-state index contributed by atoms with van der Waals surface area (Å²) in [5.41, 5.74) is 1.14. The van der Waals surface area contributed by atoms with E-state index in [2.05, 4.69) is 22.3 Å². The Bertz CT molecular complexity index is 554. The Balaban J connectivity index is 0.00000182. The van der Waals surface area contributed by atoms with Gasteiger partial charge in [-0.15, -0.1) is 12.4 Å². The molecule has 1 aromatic rings. The normalized spacial score (nSPS) is 32.4. The standard InChI is InChI=1S/C20H28N2O2.ClH/c23-20(22-10-8-16-13-21-14-17(16)9-11-22)18-7-4-12-24-19(18)15-5-2-1-3-6-15;/h1-3,5-6,16-19,21H,4,7-14H2;1H/t16-,17+,18?,19?;. The summed E-state index contributed by atoms with van der Waals surface area (Å²) in [6.07, 6.45) is 4.16. The number of halogens is 1. The Morgan fingerprint density at radius 1 is 1.04 bits per heavy atom. The molecular formula is C20H29ClN2O2. The third-order valence-electron chi connectivity index (χ3n) is 6.10. The second-order valence-corrected chi connectivity index (χ2v) is 7.53. The molecule has 5 heteroatoms. The van der Waals surface area contributed by atoms with Crippen molar-refractivity contribution in [1.29, 1.82) is 0 Å². The van der Waals surface area contributed by atoms with Gasteiger partial charge in [0.25, 0.3) is 0 Å². The van der Waals surface area contributed by atoms with Gasteiger partial charge < -0.3 is 15.0 Å². The lowest BCUT2D eigenvalue weighted by Crippen LogP contribution is -2.41. The van der Waals surface area contributed by atoms with Crippen LogP contribution >= 0.6 is 12.4 Å². The number of hydrogen-bond acceptors (Lipinski definition) is 3. The molecule has 2 unspecified atom stereocenters. The first-order valence-corrected chi connectivity index (χ1v) is 9.49. The molecule has 3 saturated heterocycles. The van der Waals surface area contributed by atoms with Crippen LogP contribution in [0.3, 0.4) is 0 Å². The zero-order chi connectivity index (χ0) is 16.4. The van der Waals surface area contributed by atoms with E-state index in [4.69, 9.17) is 4.74 Å². The number of nitrogens with one attached hydrogen (secondary N) is 1. The fourth-order valence-electron chi connectivity index (χ4n) is 4.68. The SMILES string of the molecule is Cl.O=C(C1CCCOC1c1ccccc1)N1CC[C@@H]2CNC[C@@H]2CC1. The molecule has 4 nitrogen and oxygen atoms in total. The molecule has 4 rings (SSSR count). The first kappa shape index (κ1) is 18.7. The molecule has 3 fully saturated rings. The van der Waals surface area contributed by atoms with Crippen LogP contribution in [0.25, 0.3) is 0 Å². The molecule has 25 heavy (non-hydrogen) atoms. The monoisotopic (exact) mass is 364 g/mol. The topological polar surface area (TPSA) is 41.6 Å². The van der Waals surface area contributed by atoms with E-state index in [1.54, 1.807) is 0 Å². The Morgan fingerprint density at radius 2 is 1.72 bits per heavy atom. The molecule has 4 atom stereocenters. The molecular weight excluding hydrogens is 336 g/mol. The second-order valence-electron chi connectivity index (χ2n) is 7.53. The number of carbonyl (C=O) groups is 1. The summed E-state index contributed by atoms with van der Waals surface area (Å²) >= 11 is 0. The fourth-order valence-corrected chi connectivity index (χ4v) is 4.68. The molecule has 3 heterocycles. The van der Waals surface area contributed by atoms with Crippen molar-refractivity contribution in [3.63, 3.8) is 0 Å². The third-order valence-corrected chi connectivity index (χ3v) is 6.10. The summed E-state index contributed by atoms with van der Waals surface area (Å²) in [5, 5.41) is 3.50. The average Bonchev–Trinajstić information content (AvgIpc) is 3.00. The van der Waals surface area contributed by atoms with Crippen molar-refractivity contribution in [2.75, 3.05) is 32.8 Å². The summed E-state index contributed by atoms with van der Waals surface area (Å²) in [4.78, 5) is 15.4. The van der Waals surface area contributed by atoms with Crippen LogP contribution < -0.4 is 5.32 Å². The molecule has 1 N–H and O–H groups in total. The number of carbonyl (C=O) groups excluding carboxylic acids is 1. The minimum atomic E-state index is -0.0723. The zero-order valence-electron chi connectivity index (χ0n) is 14.7. The highest BCUT2D eigenvalue weighted by atomic mass is 35.5. The lowest BCUT2D eigenvalue weighted by Gasteiger charge is -2.35. The van der Waals surface area contributed by atoms with Gasteiger partial charge in [-0.3, -0.25) is 4.79 Å². The number of ether oxygens (including phenoxy) is 1. The van der Waals surface area contributed by atoms with Crippen molar-refractivity contribution in [1.82, 2.24) is 10.2 Å². The lowest BCUT2D eigenvalue weighted by atomic mass is 9.88. The molecule has 138 valence electrons. The van der Waals surface area contributed by atoms with Crippen LogP contribution in [0.4, 0.5) is 0 Å². The molecule has 0 radical (unpaired) electrons. The van der Waals surface area contributed by atoms with Crippen LogP contribution in [0.5, 0.6) is 0 Å². The number of fused-ring (bicyclic) bond motifs is 1. The Labute approximate surface area is 156 Å². The smallest absolute Gasteiger partial charge is 0.228 e. The van der Waals surface area contributed by atoms with Gasteiger partial charge in [0, 0.05) is 19.7 Å². The molecule has 0 spiro atoms. The Morgan fingerprint density at radius 3 is 2.40 bits per heavy atom. The van der Waals surface area contributed by atoms with E-state index < -0.39 is 0 Å². The molecule has 1 aromatic carbocycles. The van der Waals surface area contributed by atoms with Gasteiger partial charge in [-0.1, -0.05) is 30.3 Å². The summed E-state index contributed by atoms with van der Waals surface area (Å²) in [5.74, 6) is 1.82. The maximum atomic E-state index is 13.2. The van der Waals surface area contributed by atoms with Crippen molar-refractivity contribution in [2.24, 2.45) is 17.8 Å². The van der Waals surface area contributed by atoms with Gasteiger partial charge in [0.05, 0.1) is 12.0 Å². The van der Waals surface area contributed by atoms with Gasteiger partial charge in [0.15, 0.2) is 0 Å². The second kappa shape index (κ2) is 8.52. The summed E-state index contributed by atoms with van der Waals surface area (Å²) in [6, 6.07) is 10.3. The molecule has 0 aliphatic carbocycles. The van der Waals surface area contributed by atoms with Crippen LogP contribution in [-0.4, -0.2) is 43.6 Å². The van der Waals surface area contributed by atoms with E-state index in [0.29, 0.717) is 5.91 Å². The van der Waals surface area contributed by atoms with E-state index in [1.807, 2.05) is 18.2 Å². The predicted molar refractivity (Wildman–Crippen MR) is 101 cm³/mol. The van der Waals surface area contributed by atoms with Crippen LogP contribution in [0.15, 0.2) is 30.3 Å². The van der Waals surface area contributed by atoms with Crippen molar-refractivity contribution in [2.45, 2.75) is 31.8 Å². The number of hydrogen-bond donors (Lipinski definition) is 1. The third kappa shape index (κ3) is 4.02. The summed E-state index contributed by atoms with van der Waals surface area (Å²) < 4.78 is 6.04. The maximum absolute atomic E-state index is 13.2. The van der Waals surface area contributed by atoms with Crippen molar-refractivity contribution in [3.8, 4) is 0 Å². The largest absolute Gasteiger partial charge is 0.373 e. The molecule has 0 bridgehead atoms. The van der Waals surface area contributed by atoms with E-state index in [0.717, 1.165) is 75.9 Å². The van der Waals surface area contributed by atoms with E-state index in [1.165, 1.54) is 0 Å². The number of likely N-dealkylation sites (tertiary alicyclic amines) is 1. The Kier molecular flexibility index (Phi) is 6.37. The minimum Gasteiger partial charge on any atom is -0.373 e. The van der Waals surface area contributed by atoms with E-state index in [-0.39, 0.29) is 24.4 Å². The van der Waals surface area contributed by atoms with Gasteiger partial charge >= 0.3 is 0 Å². The van der Waals surface area contributed by atoms with E-state index in [9.17, 15) is 4.79 Å². The molecule has 0 saturated carbocycles. The number of amides is 1.